The van der Waals surface area contributed by atoms with Crippen LogP contribution in [0.4, 0.5) is 0 Å². The molecule has 2 atom stereocenters. The van der Waals surface area contributed by atoms with Gasteiger partial charge in [0.2, 0.25) is 5.91 Å². The van der Waals surface area contributed by atoms with E-state index >= 15 is 0 Å². The third-order valence-electron chi connectivity index (χ3n) is 3.33. The number of benzene rings is 1. The molecule has 2 rings (SSSR count). The van der Waals surface area contributed by atoms with Gasteiger partial charge in [0, 0.05) is 11.6 Å². The third kappa shape index (κ3) is 3.47. The first-order valence-corrected chi connectivity index (χ1v) is 6.75. The van der Waals surface area contributed by atoms with Crippen molar-refractivity contribution >= 4 is 17.5 Å². The molecule has 19 heavy (non-hydrogen) atoms. The van der Waals surface area contributed by atoms with Gasteiger partial charge in [-0.05, 0) is 18.6 Å². The fourth-order valence-electron chi connectivity index (χ4n) is 2.18. The molecule has 0 aromatic heterocycles. The van der Waals surface area contributed by atoms with Crippen LogP contribution in [0.1, 0.15) is 12.5 Å². The summed E-state index contributed by atoms with van der Waals surface area (Å²) < 4.78 is 5.42. The lowest BCUT2D eigenvalue weighted by atomic mass is 10.1. The second kappa shape index (κ2) is 6.37. The molecule has 0 saturated carbocycles. The summed E-state index contributed by atoms with van der Waals surface area (Å²) in [4.78, 5) is 14.1. The van der Waals surface area contributed by atoms with E-state index in [9.17, 15) is 4.79 Å². The van der Waals surface area contributed by atoms with E-state index in [1.807, 2.05) is 25.1 Å². The minimum Gasteiger partial charge on any atom is -0.394 e. The average molecular weight is 284 g/mol. The Bertz CT molecular complexity index is 452. The summed E-state index contributed by atoms with van der Waals surface area (Å²) in [6.07, 6.45) is -0.00582. The Morgan fingerprint density at radius 2 is 2.26 bits per heavy atom. The molecule has 0 spiro atoms. The summed E-state index contributed by atoms with van der Waals surface area (Å²) in [5, 5.41) is 9.73. The largest absolute Gasteiger partial charge is 0.394 e. The summed E-state index contributed by atoms with van der Waals surface area (Å²) in [6.45, 7) is 2.77. The molecule has 4 nitrogen and oxygen atoms in total. The van der Waals surface area contributed by atoms with Gasteiger partial charge >= 0.3 is 0 Å². The van der Waals surface area contributed by atoms with Gasteiger partial charge in [-0.2, -0.15) is 0 Å². The Labute approximate surface area is 117 Å². The maximum Gasteiger partial charge on any atom is 0.227 e. The summed E-state index contributed by atoms with van der Waals surface area (Å²) in [5.74, 6) is 0.0161. The number of aliphatic hydroxyl groups excluding tert-OH is 1. The van der Waals surface area contributed by atoms with Gasteiger partial charge in [-0.1, -0.05) is 29.8 Å². The molecule has 0 bridgehead atoms. The van der Waals surface area contributed by atoms with E-state index in [4.69, 9.17) is 21.4 Å². The standard InChI is InChI=1S/C14H18ClNO3/c1-10-9-19-12(8-17)7-16(10)14(18)6-11-4-2-3-5-13(11)15/h2-5,10,12,17H,6-9H2,1H3. The van der Waals surface area contributed by atoms with Gasteiger partial charge in [0.25, 0.3) is 0 Å². The Hall–Kier alpha value is -1.10. The van der Waals surface area contributed by atoms with E-state index in [-0.39, 0.29) is 31.1 Å². The Morgan fingerprint density at radius 1 is 1.53 bits per heavy atom. The molecule has 1 N–H and O–H groups in total. The zero-order chi connectivity index (χ0) is 13.8. The maximum absolute atomic E-state index is 12.3. The number of rotatable bonds is 3. The first-order chi connectivity index (χ1) is 9.11. The van der Waals surface area contributed by atoms with Gasteiger partial charge < -0.3 is 14.7 Å². The highest BCUT2D eigenvalue weighted by Gasteiger charge is 2.29. The van der Waals surface area contributed by atoms with Crippen molar-refractivity contribution in [1.82, 2.24) is 4.90 Å². The zero-order valence-electron chi connectivity index (χ0n) is 10.9. The minimum atomic E-state index is -0.286. The normalized spacial score (nSPS) is 23.4. The molecular formula is C14H18ClNO3. The fourth-order valence-corrected chi connectivity index (χ4v) is 2.38. The van der Waals surface area contributed by atoms with E-state index in [0.29, 0.717) is 18.2 Å². The number of carbonyl (C=O) groups is 1. The molecule has 1 amide bonds. The topological polar surface area (TPSA) is 49.8 Å². The van der Waals surface area contributed by atoms with Crippen molar-refractivity contribution in [3.63, 3.8) is 0 Å². The van der Waals surface area contributed by atoms with E-state index in [1.165, 1.54) is 0 Å². The van der Waals surface area contributed by atoms with Gasteiger partial charge in [0.05, 0.1) is 31.8 Å². The second-order valence-corrected chi connectivity index (χ2v) is 5.21. The number of hydrogen-bond acceptors (Lipinski definition) is 3. The molecule has 1 aromatic carbocycles. The quantitative estimate of drug-likeness (QED) is 0.914. The van der Waals surface area contributed by atoms with Crippen LogP contribution in [0.3, 0.4) is 0 Å². The maximum atomic E-state index is 12.3. The average Bonchev–Trinajstić information content (AvgIpc) is 2.42. The van der Waals surface area contributed by atoms with E-state index in [0.717, 1.165) is 5.56 Å². The highest BCUT2D eigenvalue weighted by molar-refractivity contribution is 6.31. The molecular weight excluding hydrogens is 266 g/mol. The molecule has 2 unspecified atom stereocenters. The van der Waals surface area contributed by atoms with Crippen LogP contribution in [0, 0.1) is 0 Å². The van der Waals surface area contributed by atoms with Crippen molar-refractivity contribution in [2.24, 2.45) is 0 Å². The minimum absolute atomic E-state index is 0.0161. The molecule has 0 radical (unpaired) electrons. The molecule has 1 saturated heterocycles. The fraction of sp³-hybridized carbons (Fsp3) is 0.500. The third-order valence-corrected chi connectivity index (χ3v) is 3.70. The molecule has 5 heteroatoms. The molecule has 1 heterocycles. The SMILES string of the molecule is CC1COC(CO)CN1C(=O)Cc1ccccc1Cl. The lowest BCUT2D eigenvalue weighted by Gasteiger charge is -2.37. The number of halogens is 1. The van der Waals surface area contributed by atoms with Crippen molar-refractivity contribution in [3.8, 4) is 0 Å². The number of nitrogens with zero attached hydrogens (tertiary/aromatic N) is 1. The van der Waals surface area contributed by atoms with Crippen LogP contribution in [0.25, 0.3) is 0 Å². The summed E-state index contributed by atoms with van der Waals surface area (Å²) >= 11 is 6.06. The zero-order valence-corrected chi connectivity index (χ0v) is 11.6. The molecule has 1 fully saturated rings. The van der Waals surface area contributed by atoms with Crippen molar-refractivity contribution in [2.75, 3.05) is 19.8 Å². The highest BCUT2D eigenvalue weighted by atomic mass is 35.5. The molecule has 1 aromatic rings. The number of morpholine rings is 1. The number of aliphatic hydroxyl groups is 1. The van der Waals surface area contributed by atoms with Crippen LogP contribution in [-0.4, -0.2) is 47.8 Å². The van der Waals surface area contributed by atoms with Crippen LogP contribution in [0.15, 0.2) is 24.3 Å². The second-order valence-electron chi connectivity index (χ2n) is 4.80. The van der Waals surface area contributed by atoms with Crippen molar-refractivity contribution < 1.29 is 14.6 Å². The summed E-state index contributed by atoms with van der Waals surface area (Å²) in [5.41, 5.74) is 0.827. The van der Waals surface area contributed by atoms with E-state index in [1.54, 1.807) is 11.0 Å². The van der Waals surface area contributed by atoms with Crippen LogP contribution in [0.2, 0.25) is 5.02 Å². The van der Waals surface area contributed by atoms with Gasteiger partial charge in [-0.15, -0.1) is 0 Å². The number of ether oxygens (including phenoxy) is 1. The van der Waals surface area contributed by atoms with E-state index in [2.05, 4.69) is 0 Å². The van der Waals surface area contributed by atoms with Crippen LogP contribution < -0.4 is 0 Å². The lowest BCUT2D eigenvalue weighted by molar-refractivity contribution is -0.145. The first kappa shape index (κ1) is 14.3. The predicted molar refractivity (Wildman–Crippen MR) is 73.2 cm³/mol. The Morgan fingerprint density at radius 3 is 2.95 bits per heavy atom. The predicted octanol–water partition coefficient (Wildman–Crippen LogP) is 1.49. The van der Waals surface area contributed by atoms with Gasteiger partial charge in [-0.3, -0.25) is 4.79 Å². The van der Waals surface area contributed by atoms with Crippen molar-refractivity contribution in [2.45, 2.75) is 25.5 Å². The smallest absolute Gasteiger partial charge is 0.227 e. The number of amides is 1. The number of carbonyl (C=O) groups excluding carboxylic acids is 1. The van der Waals surface area contributed by atoms with Gasteiger partial charge in [0.1, 0.15) is 0 Å². The molecule has 104 valence electrons. The van der Waals surface area contributed by atoms with Gasteiger partial charge in [-0.25, -0.2) is 0 Å². The highest BCUT2D eigenvalue weighted by Crippen LogP contribution is 2.18. The van der Waals surface area contributed by atoms with Crippen molar-refractivity contribution in [1.29, 1.82) is 0 Å². The van der Waals surface area contributed by atoms with Crippen LogP contribution in [-0.2, 0) is 16.0 Å². The number of hydrogen-bond donors (Lipinski definition) is 1. The Kier molecular flexibility index (Phi) is 4.80. The lowest BCUT2D eigenvalue weighted by Crippen LogP contribution is -2.52. The summed E-state index contributed by atoms with van der Waals surface area (Å²) in [7, 11) is 0. The van der Waals surface area contributed by atoms with Crippen molar-refractivity contribution in [3.05, 3.63) is 34.9 Å². The first-order valence-electron chi connectivity index (χ1n) is 6.37. The van der Waals surface area contributed by atoms with Crippen LogP contribution in [0.5, 0.6) is 0 Å². The monoisotopic (exact) mass is 283 g/mol. The van der Waals surface area contributed by atoms with Crippen LogP contribution >= 0.6 is 11.6 Å². The Balaban J connectivity index is 2.04. The molecule has 0 aliphatic carbocycles. The summed E-state index contributed by atoms with van der Waals surface area (Å²) in [6, 6.07) is 7.37. The van der Waals surface area contributed by atoms with E-state index < -0.39 is 0 Å². The molecule has 1 aliphatic heterocycles. The van der Waals surface area contributed by atoms with Gasteiger partial charge in [0.15, 0.2) is 0 Å². The molecule has 1 aliphatic rings.